The number of anilines is 2. The Labute approximate surface area is 173 Å². The van der Waals surface area contributed by atoms with E-state index >= 15 is 0 Å². The summed E-state index contributed by atoms with van der Waals surface area (Å²) in [6.07, 6.45) is 1.28. The molecule has 1 N–H and O–H groups in total. The highest BCUT2D eigenvalue weighted by atomic mass is 35.5. The largest absolute Gasteiger partial charge is 0.497 e. The molecule has 144 valence electrons. The van der Waals surface area contributed by atoms with Crippen molar-refractivity contribution in [3.05, 3.63) is 63.8 Å². The predicted octanol–water partition coefficient (Wildman–Crippen LogP) is 5.70. The molecule has 2 aromatic carbocycles. The number of ketones is 1. The SMILES string of the molecule is COc1ccc(-n2nc(Nc3cc(Cl)cc(Cl)c3)c3c2C[C@@H](C)CC3=O)cc1. The fourth-order valence-corrected chi connectivity index (χ4v) is 4.07. The molecule has 1 aromatic heterocycles. The van der Waals surface area contributed by atoms with E-state index in [4.69, 9.17) is 33.0 Å². The molecule has 0 bridgehead atoms. The highest BCUT2D eigenvalue weighted by Gasteiger charge is 2.31. The van der Waals surface area contributed by atoms with Gasteiger partial charge in [0.05, 0.1) is 24.1 Å². The molecule has 1 aliphatic rings. The molecule has 0 amide bonds. The van der Waals surface area contributed by atoms with E-state index in [1.165, 1.54) is 0 Å². The van der Waals surface area contributed by atoms with E-state index in [2.05, 4.69) is 12.2 Å². The smallest absolute Gasteiger partial charge is 0.168 e. The van der Waals surface area contributed by atoms with Gasteiger partial charge in [-0.1, -0.05) is 30.1 Å². The number of methoxy groups -OCH3 is 1. The average Bonchev–Trinajstić information content (AvgIpc) is 2.99. The van der Waals surface area contributed by atoms with Crippen LogP contribution in [0.25, 0.3) is 5.69 Å². The van der Waals surface area contributed by atoms with Gasteiger partial charge >= 0.3 is 0 Å². The van der Waals surface area contributed by atoms with Crippen LogP contribution in [0.3, 0.4) is 0 Å². The highest BCUT2D eigenvalue weighted by Crippen LogP contribution is 2.35. The van der Waals surface area contributed by atoms with E-state index in [0.717, 1.165) is 23.6 Å². The summed E-state index contributed by atoms with van der Waals surface area (Å²) < 4.78 is 7.07. The lowest BCUT2D eigenvalue weighted by molar-refractivity contribution is 0.0953. The van der Waals surface area contributed by atoms with Gasteiger partial charge in [0, 0.05) is 22.2 Å². The van der Waals surface area contributed by atoms with Crippen LogP contribution in [-0.2, 0) is 6.42 Å². The lowest BCUT2D eigenvalue weighted by atomic mass is 9.87. The standard InChI is InChI=1S/C21H19Cl2N3O2/c1-12-7-18-20(19(27)8-12)21(24-15-10-13(22)9-14(23)11-15)25-26(18)16-3-5-17(28-2)6-4-16/h3-6,9-12H,7-8H2,1-2H3,(H,24,25)/t12-/m1/s1. The Hall–Kier alpha value is -2.50. The van der Waals surface area contributed by atoms with E-state index in [1.807, 2.05) is 28.9 Å². The minimum Gasteiger partial charge on any atom is -0.497 e. The normalized spacial score (nSPS) is 16.0. The van der Waals surface area contributed by atoms with Crippen LogP contribution < -0.4 is 10.1 Å². The Balaban J connectivity index is 1.81. The summed E-state index contributed by atoms with van der Waals surface area (Å²) in [6.45, 7) is 2.08. The lowest BCUT2D eigenvalue weighted by Crippen LogP contribution is -2.19. The number of aromatic nitrogens is 2. The van der Waals surface area contributed by atoms with E-state index in [0.29, 0.717) is 33.5 Å². The Morgan fingerprint density at radius 3 is 2.43 bits per heavy atom. The summed E-state index contributed by atoms with van der Waals surface area (Å²) >= 11 is 12.2. The maximum absolute atomic E-state index is 12.8. The molecule has 1 atom stereocenters. The number of ether oxygens (including phenoxy) is 1. The van der Waals surface area contributed by atoms with E-state index in [1.54, 1.807) is 25.3 Å². The van der Waals surface area contributed by atoms with Crippen molar-refractivity contribution in [3.8, 4) is 11.4 Å². The zero-order valence-corrected chi connectivity index (χ0v) is 17.0. The highest BCUT2D eigenvalue weighted by molar-refractivity contribution is 6.35. The second kappa shape index (κ2) is 7.49. The van der Waals surface area contributed by atoms with Crippen LogP contribution in [0.2, 0.25) is 10.0 Å². The summed E-state index contributed by atoms with van der Waals surface area (Å²) in [7, 11) is 1.63. The fourth-order valence-electron chi connectivity index (χ4n) is 3.54. The van der Waals surface area contributed by atoms with E-state index in [-0.39, 0.29) is 11.7 Å². The first-order valence-electron chi connectivity index (χ1n) is 8.97. The molecule has 0 unspecified atom stereocenters. The number of nitrogens with zero attached hydrogens (tertiary/aromatic N) is 2. The van der Waals surface area contributed by atoms with E-state index in [9.17, 15) is 4.79 Å². The molecule has 5 nitrogen and oxygen atoms in total. The molecule has 28 heavy (non-hydrogen) atoms. The van der Waals surface area contributed by atoms with Crippen LogP contribution in [0.4, 0.5) is 11.5 Å². The first-order valence-corrected chi connectivity index (χ1v) is 9.73. The summed E-state index contributed by atoms with van der Waals surface area (Å²) in [6, 6.07) is 12.8. The quantitative estimate of drug-likeness (QED) is 0.593. The zero-order chi connectivity index (χ0) is 19.8. The van der Waals surface area contributed by atoms with Crippen molar-refractivity contribution in [1.29, 1.82) is 0 Å². The van der Waals surface area contributed by atoms with Gasteiger partial charge in [-0.15, -0.1) is 5.10 Å². The molecule has 0 aliphatic heterocycles. The summed E-state index contributed by atoms with van der Waals surface area (Å²) in [5, 5.41) is 8.96. The predicted molar refractivity (Wildman–Crippen MR) is 112 cm³/mol. The number of Topliss-reactive ketones (excluding diaryl/α,β-unsaturated/α-hetero) is 1. The Kier molecular flexibility index (Phi) is 5.04. The van der Waals surface area contributed by atoms with Crippen molar-refractivity contribution in [3.63, 3.8) is 0 Å². The van der Waals surface area contributed by atoms with Gasteiger partial charge in [0.25, 0.3) is 0 Å². The first kappa shape index (κ1) is 18.8. The van der Waals surface area contributed by atoms with Gasteiger partial charge in [0.1, 0.15) is 5.75 Å². The summed E-state index contributed by atoms with van der Waals surface area (Å²) in [5.41, 5.74) is 3.09. The number of rotatable bonds is 4. The second-order valence-corrected chi connectivity index (χ2v) is 7.87. The van der Waals surface area contributed by atoms with Gasteiger partial charge in [-0.3, -0.25) is 4.79 Å². The molecule has 1 aliphatic carbocycles. The third-order valence-corrected chi connectivity index (χ3v) is 5.21. The minimum atomic E-state index is 0.0872. The molecular formula is C21H19Cl2N3O2. The number of hydrogen-bond donors (Lipinski definition) is 1. The monoisotopic (exact) mass is 415 g/mol. The second-order valence-electron chi connectivity index (χ2n) is 7.00. The molecule has 0 fully saturated rings. The molecule has 4 rings (SSSR count). The summed E-state index contributed by atoms with van der Waals surface area (Å²) in [5.74, 6) is 1.63. The zero-order valence-electron chi connectivity index (χ0n) is 15.5. The van der Waals surface area contributed by atoms with Crippen LogP contribution in [0, 0.1) is 5.92 Å². The van der Waals surface area contributed by atoms with Gasteiger partial charge in [0.15, 0.2) is 11.6 Å². The molecule has 0 saturated carbocycles. The van der Waals surface area contributed by atoms with Crippen LogP contribution in [-0.4, -0.2) is 22.7 Å². The van der Waals surface area contributed by atoms with Crippen LogP contribution in [0.1, 0.15) is 29.4 Å². The van der Waals surface area contributed by atoms with Crippen LogP contribution in [0.5, 0.6) is 5.75 Å². The Morgan fingerprint density at radius 2 is 1.79 bits per heavy atom. The third-order valence-electron chi connectivity index (χ3n) is 4.78. The topological polar surface area (TPSA) is 56.1 Å². The number of benzene rings is 2. The number of halogens is 2. The number of hydrogen-bond acceptors (Lipinski definition) is 4. The van der Waals surface area contributed by atoms with Crippen molar-refractivity contribution in [2.24, 2.45) is 5.92 Å². The molecule has 3 aromatic rings. The Bertz CT molecular complexity index is 1020. The minimum absolute atomic E-state index is 0.0872. The molecule has 7 heteroatoms. The van der Waals surface area contributed by atoms with E-state index < -0.39 is 0 Å². The first-order chi connectivity index (χ1) is 13.4. The number of nitrogens with one attached hydrogen (secondary N) is 1. The molecular weight excluding hydrogens is 397 g/mol. The third kappa shape index (κ3) is 3.60. The maximum atomic E-state index is 12.8. The van der Waals surface area contributed by atoms with Crippen LogP contribution in [0.15, 0.2) is 42.5 Å². The van der Waals surface area contributed by atoms with Gasteiger partial charge in [-0.2, -0.15) is 0 Å². The van der Waals surface area contributed by atoms with Gasteiger partial charge in [-0.25, -0.2) is 4.68 Å². The fraction of sp³-hybridized carbons (Fsp3) is 0.238. The molecule has 0 radical (unpaired) electrons. The number of fused-ring (bicyclic) bond motifs is 1. The van der Waals surface area contributed by atoms with Crippen molar-refractivity contribution in [2.75, 3.05) is 12.4 Å². The molecule has 0 spiro atoms. The number of carbonyl (C=O) groups is 1. The average molecular weight is 416 g/mol. The molecule has 0 saturated heterocycles. The van der Waals surface area contributed by atoms with Gasteiger partial charge in [0.2, 0.25) is 0 Å². The van der Waals surface area contributed by atoms with Crippen molar-refractivity contribution in [2.45, 2.75) is 19.8 Å². The number of carbonyl (C=O) groups excluding carboxylic acids is 1. The lowest BCUT2D eigenvalue weighted by Gasteiger charge is -2.19. The maximum Gasteiger partial charge on any atom is 0.168 e. The molecule has 1 heterocycles. The van der Waals surface area contributed by atoms with Crippen molar-refractivity contribution in [1.82, 2.24) is 9.78 Å². The summed E-state index contributed by atoms with van der Waals surface area (Å²) in [4.78, 5) is 12.8. The van der Waals surface area contributed by atoms with Crippen LogP contribution >= 0.6 is 23.2 Å². The van der Waals surface area contributed by atoms with Crippen molar-refractivity contribution >= 4 is 40.5 Å². The van der Waals surface area contributed by atoms with Gasteiger partial charge in [-0.05, 0) is 54.8 Å². The van der Waals surface area contributed by atoms with Crippen molar-refractivity contribution < 1.29 is 9.53 Å². The van der Waals surface area contributed by atoms with Gasteiger partial charge < -0.3 is 10.1 Å². The Morgan fingerprint density at radius 1 is 1.11 bits per heavy atom.